The smallest absolute Gasteiger partial charge is 0.253 e. The number of rotatable bonds is 4. The highest BCUT2D eigenvalue weighted by atomic mass is 16.2. The fraction of sp³-hybridized carbons (Fsp3) is 0.316. The third-order valence-corrected chi connectivity index (χ3v) is 4.20. The van der Waals surface area contributed by atoms with Crippen LogP contribution < -0.4 is 11.1 Å². The second kappa shape index (κ2) is 8.28. The van der Waals surface area contributed by atoms with Crippen LogP contribution in [-0.2, 0) is 6.54 Å². The topological polar surface area (TPSA) is 83.6 Å². The minimum atomic E-state index is 0.101. The molecule has 0 saturated carbocycles. The van der Waals surface area contributed by atoms with E-state index < -0.39 is 0 Å². The third-order valence-electron chi connectivity index (χ3n) is 4.20. The van der Waals surface area contributed by atoms with Crippen molar-refractivity contribution in [1.82, 2.24) is 9.88 Å². The highest BCUT2D eigenvalue weighted by Crippen LogP contribution is 2.15. The minimum absolute atomic E-state index is 0.101. The number of guanidine groups is 1. The van der Waals surface area contributed by atoms with Gasteiger partial charge in [-0.2, -0.15) is 0 Å². The molecule has 0 bridgehead atoms. The lowest BCUT2D eigenvalue weighted by Crippen LogP contribution is -2.35. The van der Waals surface area contributed by atoms with Gasteiger partial charge < -0.3 is 16.0 Å². The molecule has 130 valence electrons. The Kier molecular flexibility index (Phi) is 5.61. The molecular weight excluding hydrogens is 314 g/mol. The molecule has 0 unspecified atom stereocenters. The third kappa shape index (κ3) is 4.79. The van der Waals surface area contributed by atoms with Crippen molar-refractivity contribution in [3.05, 3.63) is 59.9 Å². The summed E-state index contributed by atoms with van der Waals surface area (Å²) in [6, 6.07) is 11.2. The van der Waals surface area contributed by atoms with E-state index in [4.69, 9.17) is 5.73 Å². The van der Waals surface area contributed by atoms with E-state index in [9.17, 15) is 4.79 Å². The number of amides is 1. The number of nitrogens with two attached hydrogens (primary N) is 1. The lowest BCUT2D eigenvalue weighted by atomic mass is 10.1. The second-order valence-electron chi connectivity index (χ2n) is 6.12. The van der Waals surface area contributed by atoms with Crippen LogP contribution in [0.4, 0.5) is 5.69 Å². The first-order chi connectivity index (χ1) is 12.2. The first-order valence-corrected chi connectivity index (χ1v) is 8.57. The summed E-state index contributed by atoms with van der Waals surface area (Å²) in [5.74, 6) is 0.434. The molecule has 1 fully saturated rings. The molecule has 1 amide bonds. The maximum absolute atomic E-state index is 12.4. The molecule has 1 aromatic heterocycles. The SMILES string of the molecule is NC(=NCc1cccnc1)Nc1ccc(C(=O)N2CCCCC2)cc1. The van der Waals surface area contributed by atoms with Gasteiger partial charge in [-0.1, -0.05) is 6.07 Å². The molecule has 6 nitrogen and oxygen atoms in total. The molecule has 0 radical (unpaired) electrons. The van der Waals surface area contributed by atoms with Crippen molar-refractivity contribution in [2.45, 2.75) is 25.8 Å². The normalized spacial score (nSPS) is 15.0. The maximum Gasteiger partial charge on any atom is 0.253 e. The number of anilines is 1. The number of nitrogens with one attached hydrogen (secondary N) is 1. The summed E-state index contributed by atoms with van der Waals surface area (Å²) >= 11 is 0. The van der Waals surface area contributed by atoms with E-state index in [2.05, 4.69) is 15.3 Å². The van der Waals surface area contributed by atoms with E-state index in [0.29, 0.717) is 18.1 Å². The molecule has 0 aliphatic carbocycles. The van der Waals surface area contributed by atoms with E-state index in [0.717, 1.165) is 37.2 Å². The Balaban J connectivity index is 1.57. The maximum atomic E-state index is 12.4. The van der Waals surface area contributed by atoms with Crippen LogP contribution in [0.25, 0.3) is 0 Å². The zero-order valence-electron chi connectivity index (χ0n) is 14.2. The van der Waals surface area contributed by atoms with Crippen LogP contribution in [-0.4, -0.2) is 34.8 Å². The molecule has 2 heterocycles. The summed E-state index contributed by atoms with van der Waals surface area (Å²) in [5, 5.41) is 3.04. The number of carbonyl (C=O) groups is 1. The minimum Gasteiger partial charge on any atom is -0.370 e. The monoisotopic (exact) mass is 337 g/mol. The summed E-state index contributed by atoms with van der Waals surface area (Å²) in [4.78, 5) is 22.7. The van der Waals surface area contributed by atoms with Gasteiger partial charge in [0, 0.05) is 36.7 Å². The van der Waals surface area contributed by atoms with Crippen molar-refractivity contribution in [2.75, 3.05) is 18.4 Å². The Hall–Kier alpha value is -2.89. The Morgan fingerprint density at radius 3 is 2.60 bits per heavy atom. The quantitative estimate of drug-likeness (QED) is 0.663. The number of pyridine rings is 1. The number of benzene rings is 1. The fourth-order valence-corrected chi connectivity index (χ4v) is 2.83. The molecule has 2 aromatic rings. The van der Waals surface area contributed by atoms with Gasteiger partial charge in [0.05, 0.1) is 6.54 Å². The van der Waals surface area contributed by atoms with Crippen molar-refractivity contribution in [3.8, 4) is 0 Å². The van der Waals surface area contributed by atoms with Gasteiger partial charge in [0.25, 0.3) is 5.91 Å². The van der Waals surface area contributed by atoms with Crippen molar-refractivity contribution < 1.29 is 4.79 Å². The highest BCUT2D eigenvalue weighted by molar-refractivity contribution is 5.96. The zero-order valence-corrected chi connectivity index (χ0v) is 14.2. The molecule has 0 atom stereocenters. The van der Waals surface area contributed by atoms with E-state index in [1.165, 1.54) is 6.42 Å². The summed E-state index contributed by atoms with van der Waals surface area (Å²) < 4.78 is 0. The average molecular weight is 337 g/mol. The largest absolute Gasteiger partial charge is 0.370 e. The van der Waals surface area contributed by atoms with Gasteiger partial charge in [0.15, 0.2) is 5.96 Å². The van der Waals surface area contributed by atoms with Gasteiger partial charge >= 0.3 is 0 Å². The van der Waals surface area contributed by atoms with E-state index in [-0.39, 0.29) is 5.91 Å². The van der Waals surface area contributed by atoms with Gasteiger partial charge in [-0.05, 0) is 55.2 Å². The molecule has 3 N–H and O–H groups in total. The van der Waals surface area contributed by atoms with Gasteiger partial charge in [-0.3, -0.25) is 9.78 Å². The predicted octanol–water partition coefficient (Wildman–Crippen LogP) is 2.63. The van der Waals surface area contributed by atoms with Crippen LogP contribution in [0, 0.1) is 0 Å². The van der Waals surface area contributed by atoms with Crippen molar-refractivity contribution >= 4 is 17.6 Å². The van der Waals surface area contributed by atoms with Crippen LogP contribution in [0.2, 0.25) is 0 Å². The molecule has 1 aromatic carbocycles. The number of likely N-dealkylation sites (tertiary alicyclic amines) is 1. The van der Waals surface area contributed by atoms with Gasteiger partial charge in [0.1, 0.15) is 0 Å². The number of hydrogen-bond donors (Lipinski definition) is 2. The first kappa shape index (κ1) is 17.0. The fourth-order valence-electron chi connectivity index (χ4n) is 2.83. The second-order valence-corrected chi connectivity index (χ2v) is 6.12. The number of carbonyl (C=O) groups excluding carboxylic acids is 1. The Labute approximate surface area is 147 Å². The molecule has 6 heteroatoms. The van der Waals surface area contributed by atoms with Crippen molar-refractivity contribution in [2.24, 2.45) is 10.7 Å². The first-order valence-electron chi connectivity index (χ1n) is 8.57. The summed E-state index contributed by atoms with van der Waals surface area (Å²) in [6.45, 7) is 2.18. The van der Waals surface area contributed by atoms with Gasteiger partial charge in [0.2, 0.25) is 0 Å². The van der Waals surface area contributed by atoms with Crippen molar-refractivity contribution in [1.29, 1.82) is 0 Å². The standard InChI is InChI=1S/C19H23N5O/c20-19(22-14-15-5-4-10-21-13-15)23-17-8-6-16(7-9-17)18(25)24-11-2-1-3-12-24/h4-10,13H,1-3,11-12,14H2,(H3,20,22,23). The summed E-state index contributed by atoms with van der Waals surface area (Å²) in [6.07, 6.45) is 6.88. The van der Waals surface area contributed by atoms with E-state index in [1.807, 2.05) is 41.3 Å². The Bertz CT molecular complexity index is 721. The summed E-state index contributed by atoms with van der Waals surface area (Å²) in [5.41, 5.74) is 8.42. The van der Waals surface area contributed by atoms with Crippen LogP contribution in [0.1, 0.15) is 35.2 Å². The van der Waals surface area contributed by atoms with E-state index in [1.54, 1.807) is 12.4 Å². The number of aromatic nitrogens is 1. The Morgan fingerprint density at radius 2 is 1.92 bits per heavy atom. The van der Waals surface area contributed by atoms with Crippen molar-refractivity contribution in [3.63, 3.8) is 0 Å². The molecule has 1 aliphatic heterocycles. The molecule has 25 heavy (non-hydrogen) atoms. The van der Waals surface area contributed by atoms with Gasteiger partial charge in [-0.15, -0.1) is 0 Å². The van der Waals surface area contributed by atoms with Crippen LogP contribution >= 0.6 is 0 Å². The van der Waals surface area contributed by atoms with E-state index >= 15 is 0 Å². The summed E-state index contributed by atoms with van der Waals surface area (Å²) in [7, 11) is 0. The molecule has 0 spiro atoms. The lowest BCUT2D eigenvalue weighted by molar-refractivity contribution is 0.0724. The number of hydrogen-bond acceptors (Lipinski definition) is 3. The molecule has 1 aliphatic rings. The van der Waals surface area contributed by atoms with Crippen LogP contribution in [0.5, 0.6) is 0 Å². The van der Waals surface area contributed by atoms with Crippen LogP contribution in [0.3, 0.4) is 0 Å². The predicted molar refractivity (Wildman–Crippen MR) is 99.4 cm³/mol. The lowest BCUT2D eigenvalue weighted by Gasteiger charge is -2.26. The number of nitrogens with zero attached hydrogens (tertiary/aromatic N) is 3. The average Bonchev–Trinajstić information content (AvgIpc) is 2.68. The molecule has 1 saturated heterocycles. The zero-order chi connectivity index (χ0) is 17.5. The number of aliphatic imine (C=N–C) groups is 1. The molecule has 3 rings (SSSR count). The number of piperidine rings is 1. The Morgan fingerprint density at radius 1 is 1.16 bits per heavy atom. The van der Waals surface area contributed by atoms with Gasteiger partial charge in [-0.25, -0.2) is 4.99 Å². The van der Waals surface area contributed by atoms with Crippen LogP contribution in [0.15, 0.2) is 53.8 Å². The highest BCUT2D eigenvalue weighted by Gasteiger charge is 2.17. The molecular formula is C19H23N5O.